The maximum atomic E-state index is 12.2. The topological polar surface area (TPSA) is 50.2 Å². The van der Waals surface area contributed by atoms with Crippen molar-refractivity contribution in [3.8, 4) is 0 Å². The van der Waals surface area contributed by atoms with Crippen LogP contribution in [0.5, 0.6) is 0 Å². The van der Waals surface area contributed by atoms with Crippen molar-refractivity contribution >= 4 is 44.7 Å². The third kappa shape index (κ3) is 2.96. The van der Waals surface area contributed by atoms with Crippen LogP contribution in [0.15, 0.2) is 54.6 Å². The molecule has 0 aliphatic carbocycles. The van der Waals surface area contributed by atoms with E-state index in [1.807, 2.05) is 24.3 Å². The largest absolute Gasteiger partial charge is 0.507 e. The van der Waals surface area contributed by atoms with Crippen molar-refractivity contribution in [2.75, 3.05) is 0 Å². The molecule has 0 saturated carbocycles. The lowest BCUT2D eigenvalue weighted by molar-refractivity contribution is 0.104. The van der Waals surface area contributed by atoms with Gasteiger partial charge < -0.3 is 5.11 Å². The van der Waals surface area contributed by atoms with Gasteiger partial charge >= 0.3 is 0 Å². The Morgan fingerprint density at radius 1 is 1.14 bits per heavy atom. The fraction of sp³-hybridized carbons (Fsp3) is 0. The summed E-state index contributed by atoms with van der Waals surface area (Å²) in [6.45, 7) is 0. The van der Waals surface area contributed by atoms with Crippen molar-refractivity contribution in [2.45, 2.75) is 0 Å². The molecule has 0 bridgehead atoms. The predicted octanol–water partition coefficient (Wildman–Crippen LogP) is 4.73. The van der Waals surface area contributed by atoms with Crippen molar-refractivity contribution in [1.82, 2.24) is 4.98 Å². The van der Waals surface area contributed by atoms with Gasteiger partial charge in [0.15, 0.2) is 5.01 Å². The number of aromatic nitrogens is 1. The number of hydrogen-bond acceptors (Lipinski definition) is 4. The fourth-order valence-electron chi connectivity index (χ4n) is 1.87. The first-order chi connectivity index (χ1) is 10.1. The second kappa shape index (κ2) is 5.68. The Morgan fingerprint density at radius 2 is 1.86 bits per heavy atom. The van der Waals surface area contributed by atoms with Crippen LogP contribution in [0, 0.1) is 0 Å². The first-order valence-corrected chi connectivity index (χ1v) is 7.39. The highest BCUT2D eigenvalue weighted by molar-refractivity contribution is 7.20. The van der Waals surface area contributed by atoms with Crippen LogP contribution in [0.3, 0.4) is 0 Å². The molecule has 1 heterocycles. The molecular weight excluding hydrogens is 306 g/mol. The summed E-state index contributed by atoms with van der Waals surface area (Å²) in [5.74, 6) is -0.417. The lowest BCUT2D eigenvalue weighted by atomic mass is 10.1. The second-order valence-electron chi connectivity index (χ2n) is 4.39. The van der Waals surface area contributed by atoms with Crippen molar-refractivity contribution in [3.05, 3.63) is 70.2 Å². The van der Waals surface area contributed by atoms with E-state index in [1.54, 1.807) is 24.3 Å². The van der Waals surface area contributed by atoms with Gasteiger partial charge in [-0.15, -0.1) is 11.3 Å². The zero-order valence-electron chi connectivity index (χ0n) is 10.8. The number of ketones is 1. The molecule has 0 amide bonds. The summed E-state index contributed by atoms with van der Waals surface area (Å²) in [5, 5.41) is 10.9. The van der Waals surface area contributed by atoms with Gasteiger partial charge in [0.2, 0.25) is 5.78 Å². The van der Waals surface area contributed by atoms with Crippen molar-refractivity contribution < 1.29 is 9.90 Å². The molecule has 1 N–H and O–H groups in total. The average Bonchev–Trinajstić information content (AvgIpc) is 2.92. The zero-order chi connectivity index (χ0) is 14.8. The van der Waals surface area contributed by atoms with Crippen LogP contribution in [-0.2, 0) is 0 Å². The number of carbonyl (C=O) groups is 1. The maximum absolute atomic E-state index is 12.2. The van der Waals surface area contributed by atoms with E-state index in [4.69, 9.17) is 11.6 Å². The lowest BCUT2D eigenvalue weighted by Gasteiger charge is -1.99. The highest BCUT2D eigenvalue weighted by Gasteiger charge is 2.11. The van der Waals surface area contributed by atoms with Crippen LogP contribution in [0.4, 0.5) is 0 Å². The van der Waals surface area contributed by atoms with Crippen LogP contribution >= 0.6 is 22.9 Å². The molecule has 0 unspecified atom stereocenters. The normalized spacial score (nSPS) is 11.8. The molecule has 21 heavy (non-hydrogen) atoms. The molecule has 104 valence electrons. The highest BCUT2D eigenvalue weighted by atomic mass is 35.5. The second-order valence-corrected chi connectivity index (χ2v) is 5.85. The number of rotatable bonds is 3. The van der Waals surface area contributed by atoms with Gasteiger partial charge in [0.25, 0.3) is 0 Å². The number of nitrogens with zero attached hydrogens (tertiary/aromatic N) is 1. The van der Waals surface area contributed by atoms with Gasteiger partial charge in [0.1, 0.15) is 5.76 Å². The minimum atomic E-state index is -0.316. The van der Waals surface area contributed by atoms with Crippen LogP contribution in [0.2, 0.25) is 5.02 Å². The summed E-state index contributed by atoms with van der Waals surface area (Å²) < 4.78 is 0.945. The van der Waals surface area contributed by atoms with E-state index in [2.05, 4.69) is 4.98 Å². The van der Waals surface area contributed by atoms with E-state index in [-0.39, 0.29) is 11.5 Å². The summed E-state index contributed by atoms with van der Waals surface area (Å²) in [6.07, 6.45) is 1.18. The summed E-state index contributed by atoms with van der Waals surface area (Å²) in [4.78, 5) is 16.4. The number of benzene rings is 2. The Kier molecular flexibility index (Phi) is 3.73. The minimum Gasteiger partial charge on any atom is -0.507 e. The Labute approximate surface area is 130 Å². The van der Waals surface area contributed by atoms with E-state index in [9.17, 15) is 9.90 Å². The summed E-state index contributed by atoms with van der Waals surface area (Å²) in [7, 11) is 0. The third-order valence-corrected chi connectivity index (χ3v) is 4.22. The molecule has 3 nitrogen and oxygen atoms in total. The molecule has 2 aromatic carbocycles. The monoisotopic (exact) mass is 315 g/mol. The fourth-order valence-corrected chi connectivity index (χ4v) is 2.87. The lowest BCUT2D eigenvalue weighted by Crippen LogP contribution is -1.95. The van der Waals surface area contributed by atoms with Gasteiger partial charge in [-0.3, -0.25) is 4.79 Å². The van der Waals surface area contributed by atoms with Crippen LogP contribution in [0.25, 0.3) is 16.0 Å². The first-order valence-electron chi connectivity index (χ1n) is 6.20. The number of allylic oxidation sites excluding steroid dienone is 1. The highest BCUT2D eigenvalue weighted by Crippen LogP contribution is 2.23. The molecule has 3 rings (SSSR count). The Hall–Kier alpha value is -2.17. The van der Waals surface area contributed by atoms with E-state index in [0.717, 1.165) is 10.2 Å². The summed E-state index contributed by atoms with van der Waals surface area (Å²) >= 11 is 7.09. The van der Waals surface area contributed by atoms with Gasteiger partial charge in [-0.25, -0.2) is 4.98 Å². The molecule has 0 saturated heterocycles. The predicted molar refractivity (Wildman–Crippen MR) is 86.0 cm³/mol. The standard InChI is InChI=1S/C16H10ClNO2S/c17-11-7-5-10(6-8-11)13(19)9-14(20)16-18-12-3-1-2-4-15(12)21-16/h1-9,19H. The average molecular weight is 316 g/mol. The molecule has 0 aliphatic heterocycles. The van der Waals surface area contributed by atoms with Gasteiger partial charge in [-0.2, -0.15) is 0 Å². The number of halogens is 1. The van der Waals surface area contributed by atoms with Gasteiger partial charge in [0.05, 0.1) is 10.2 Å². The minimum absolute atomic E-state index is 0.101. The van der Waals surface area contributed by atoms with E-state index >= 15 is 0 Å². The molecule has 3 aromatic rings. The van der Waals surface area contributed by atoms with E-state index in [1.165, 1.54) is 17.4 Å². The number of aliphatic hydroxyl groups is 1. The summed E-state index contributed by atoms with van der Waals surface area (Å²) in [5.41, 5.74) is 1.32. The van der Waals surface area contributed by atoms with Gasteiger partial charge in [0, 0.05) is 16.7 Å². The Balaban J connectivity index is 1.90. The number of carbonyl (C=O) groups excluding carboxylic acids is 1. The van der Waals surface area contributed by atoms with E-state index in [0.29, 0.717) is 15.6 Å². The number of fused-ring (bicyclic) bond motifs is 1. The first kappa shape index (κ1) is 13.8. The Morgan fingerprint density at radius 3 is 2.57 bits per heavy atom. The van der Waals surface area contributed by atoms with Crippen LogP contribution in [-0.4, -0.2) is 15.9 Å². The quantitative estimate of drug-likeness (QED) is 0.432. The molecule has 0 fully saturated rings. The number of hydrogen-bond donors (Lipinski definition) is 1. The van der Waals surface area contributed by atoms with Gasteiger partial charge in [-0.1, -0.05) is 23.7 Å². The molecule has 0 radical (unpaired) electrons. The van der Waals surface area contributed by atoms with Crippen molar-refractivity contribution in [2.24, 2.45) is 0 Å². The Bertz CT molecular complexity index is 804. The zero-order valence-corrected chi connectivity index (χ0v) is 12.4. The van der Waals surface area contributed by atoms with E-state index < -0.39 is 0 Å². The van der Waals surface area contributed by atoms with Crippen LogP contribution in [0.1, 0.15) is 15.4 Å². The number of para-hydroxylation sites is 1. The van der Waals surface area contributed by atoms with Crippen molar-refractivity contribution in [1.29, 1.82) is 0 Å². The molecule has 1 aromatic heterocycles. The van der Waals surface area contributed by atoms with Crippen LogP contribution < -0.4 is 0 Å². The summed E-state index contributed by atoms with van der Waals surface area (Å²) in [6, 6.07) is 14.1. The maximum Gasteiger partial charge on any atom is 0.218 e. The SMILES string of the molecule is O=C(C=C(O)c1ccc(Cl)cc1)c1nc2ccccc2s1. The number of thiazole rings is 1. The third-order valence-electron chi connectivity index (χ3n) is 2.91. The van der Waals surface area contributed by atoms with Gasteiger partial charge in [-0.05, 0) is 36.4 Å². The molecule has 0 atom stereocenters. The molecular formula is C16H10ClNO2S. The number of aliphatic hydroxyl groups excluding tert-OH is 1. The smallest absolute Gasteiger partial charge is 0.218 e. The molecule has 5 heteroatoms. The molecule has 0 aliphatic rings. The molecule has 0 spiro atoms. The van der Waals surface area contributed by atoms with Crippen molar-refractivity contribution in [3.63, 3.8) is 0 Å².